The number of benzene rings is 2. The number of nitrogens with one attached hydrogen (secondary N) is 1. The van der Waals surface area contributed by atoms with Gasteiger partial charge < -0.3 is 11.1 Å². The van der Waals surface area contributed by atoms with Crippen molar-refractivity contribution in [2.24, 2.45) is 0 Å². The van der Waals surface area contributed by atoms with Crippen molar-refractivity contribution < 1.29 is 4.79 Å². The first-order valence-electron chi connectivity index (χ1n) is 5.91. The summed E-state index contributed by atoms with van der Waals surface area (Å²) in [6, 6.07) is 11.0. The number of halogens is 1. The maximum absolute atomic E-state index is 12.2. The quantitative estimate of drug-likeness (QED) is 0.825. The molecule has 0 atom stereocenters. The SMILES string of the molecule is Cc1cccc(NC(=O)c2ccc(Br)cc2N)c1C. The number of amides is 1. The minimum atomic E-state index is -0.196. The highest BCUT2D eigenvalue weighted by molar-refractivity contribution is 9.10. The van der Waals surface area contributed by atoms with Gasteiger partial charge in [0.2, 0.25) is 0 Å². The molecule has 0 saturated carbocycles. The van der Waals surface area contributed by atoms with Crippen LogP contribution in [0.15, 0.2) is 40.9 Å². The molecular weight excluding hydrogens is 304 g/mol. The normalized spacial score (nSPS) is 10.3. The van der Waals surface area contributed by atoms with E-state index in [0.29, 0.717) is 11.3 Å². The van der Waals surface area contributed by atoms with Crippen LogP contribution in [0.3, 0.4) is 0 Å². The summed E-state index contributed by atoms with van der Waals surface area (Å²) in [4.78, 5) is 12.2. The fourth-order valence-electron chi connectivity index (χ4n) is 1.82. The second-order valence-electron chi connectivity index (χ2n) is 4.43. The van der Waals surface area contributed by atoms with Gasteiger partial charge in [-0.2, -0.15) is 0 Å². The van der Waals surface area contributed by atoms with E-state index in [1.54, 1.807) is 18.2 Å². The first-order chi connectivity index (χ1) is 8.99. The lowest BCUT2D eigenvalue weighted by molar-refractivity contribution is 0.102. The topological polar surface area (TPSA) is 55.1 Å². The van der Waals surface area contributed by atoms with Crippen molar-refractivity contribution in [2.75, 3.05) is 11.1 Å². The van der Waals surface area contributed by atoms with E-state index < -0.39 is 0 Å². The average molecular weight is 319 g/mol. The molecule has 0 aromatic heterocycles. The van der Waals surface area contributed by atoms with Crippen LogP contribution in [0.1, 0.15) is 21.5 Å². The molecule has 0 heterocycles. The van der Waals surface area contributed by atoms with Crippen molar-refractivity contribution in [3.63, 3.8) is 0 Å². The summed E-state index contributed by atoms with van der Waals surface area (Å²) >= 11 is 3.32. The lowest BCUT2D eigenvalue weighted by Crippen LogP contribution is -2.15. The molecule has 98 valence electrons. The number of carbonyl (C=O) groups excluding carboxylic acids is 1. The highest BCUT2D eigenvalue weighted by Gasteiger charge is 2.11. The number of nitrogens with two attached hydrogens (primary N) is 1. The summed E-state index contributed by atoms with van der Waals surface area (Å²) in [5, 5.41) is 2.89. The number of nitrogen functional groups attached to an aromatic ring is 1. The van der Waals surface area contributed by atoms with Gasteiger partial charge in [0, 0.05) is 15.8 Å². The number of aryl methyl sites for hydroxylation is 1. The van der Waals surface area contributed by atoms with E-state index in [-0.39, 0.29) is 5.91 Å². The van der Waals surface area contributed by atoms with E-state index in [0.717, 1.165) is 21.3 Å². The van der Waals surface area contributed by atoms with Gasteiger partial charge in [-0.05, 0) is 49.2 Å². The van der Waals surface area contributed by atoms with Gasteiger partial charge in [-0.1, -0.05) is 28.1 Å². The van der Waals surface area contributed by atoms with Crippen LogP contribution in [0.2, 0.25) is 0 Å². The van der Waals surface area contributed by atoms with Crippen LogP contribution in [0.25, 0.3) is 0 Å². The van der Waals surface area contributed by atoms with Gasteiger partial charge in [0.05, 0.1) is 5.56 Å². The maximum Gasteiger partial charge on any atom is 0.257 e. The van der Waals surface area contributed by atoms with Gasteiger partial charge in [0.15, 0.2) is 0 Å². The van der Waals surface area contributed by atoms with E-state index in [4.69, 9.17) is 5.73 Å². The van der Waals surface area contributed by atoms with Crippen LogP contribution in [0, 0.1) is 13.8 Å². The Bertz CT molecular complexity index is 638. The van der Waals surface area contributed by atoms with Crippen molar-refractivity contribution in [1.82, 2.24) is 0 Å². The smallest absolute Gasteiger partial charge is 0.257 e. The molecular formula is C15H15BrN2O. The Morgan fingerprint density at radius 2 is 1.95 bits per heavy atom. The second kappa shape index (κ2) is 5.45. The second-order valence-corrected chi connectivity index (χ2v) is 5.35. The van der Waals surface area contributed by atoms with Gasteiger partial charge >= 0.3 is 0 Å². The molecule has 2 aromatic carbocycles. The van der Waals surface area contributed by atoms with E-state index in [1.165, 1.54) is 0 Å². The molecule has 1 amide bonds. The minimum absolute atomic E-state index is 0.196. The predicted octanol–water partition coefficient (Wildman–Crippen LogP) is 3.90. The predicted molar refractivity (Wildman–Crippen MR) is 82.4 cm³/mol. The molecule has 0 radical (unpaired) electrons. The zero-order valence-corrected chi connectivity index (χ0v) is 12.4. The molecule has 19 heavy (non-hydrogen) atoms. The fourth-order valence-corrected chi connectivity index (χ4v) is 2.20. The molecule has 0 aliphatic rings. The van der Waals surface area contributed by atoms with Crippen LogP contribution >= 0.6 is 15.9 Å². The van der Waals surface area contributed by atoms with E-state index in [9.17, 15) is 4.79 Å². The number of hydrogen-bond donors (Lipinski definition) is 2. The van der Waals surface area contributed by atoms with Gasteiger partial charge in [-0.3, -0.25) is 4.79 Å². The zero-order chi connectivity index (χ0) is 14.0. The zero-order valence-electron chi connectivity index (χ0n) is 10.8. The lowest BCUT2D eigenvalue weighted by atomic mass is 10.1. The summed E-state index contributed by atoms with van der Waals surface area (Å²) in [7, 11) is 0. The van der Waals surface area contributed by atoms with Crippen molar-refractivity contribution >= 4 is 33.2 Å². The molecule has 3 N–H and O–H groups in total. The Labute approximate surface area is 121 Å². The van der Waals surface area contributed by atoms with E-state index in [1.807, 2.05) is 32.0 Å². The molecule has 0 aliphatic heterocycles. The molecule has 4 heteroatoms. The summed E-state index contributed by atoms with van der Waals surface area (Å²) < 4.78 is 0.855. The van der Waals surface area contributed by atoms with Crippen molar-refractivity contribution in [3.8, 4) is 0 Å². The van der Waals surface area contributed by atoms with Gasteiger partial charge in [0.1, 0.15) is 0 Å². The first kappa shape index (κ1) is 13.6. The Hall–Kier alpha value is -1.81. The molecule has 0 bridgehead atoms. The van der Waals surface area contributed by atoms with Crippen LogP contribution in [-0.4, -0.2) is 5.91 Å². The van der Waals surface area contributed by atoms with Crippen molar-refractivity contribution in [2.45, 2.75) is 13.8 Å². The molecule has 0 unspecified atom stereocenters. The highest BCUT2D eigenvalue weighted by Crippen LogP contribution is 2.22. The van der Waals surface area contributed by atoms with Gasteiger partial charge in [-0.25, -0.2) is 0 Å². The minimum Gasteiger partial charge on any atom is -0.398 e. The molecule has 2 rings (SSSR count). The fraction of sp³-hybridized carbons (Fsp3) is 0.133. The maximum atomic E-state index is 12.2. The Morgan fingerprint density at radius 3 is 2.63 bits per heavy atom. The average Bonchev–Trinajstić information content (AvgIpc) is 2.34. The van der Waals surface area contributed by atoms with Crippen LogP contribution in [-0.2, 0) is 0 Å². The Kier molecular flexibility index (Phi) is 3.90. The number of anilines is 2. The van der Waals surface area contributed by atoms with Crippen LogP contribution in [0.4, 0.5) is 11.4 Å². The van der Waals surface area contributed by atoms with E-state index in [2.05, 4.69) is 21.2 Å². The van der Waals surface area contributed by atoms with Crippen molar-refractivity contribution in [3.05, 3.63) is 57.6 Å². The van der Waals surface area contributed by atoms with Crippen LogP contribution < -0.4 is 11.1 Å². The van der Waals surface area contributed by atoms with Crippen molar-refractivity contribution in [1.29, 1.82) is 0 Å². The third-order valence-electron chi connectivity index (χ3n) is 3.11. The molecule has 0 fully saturated rings. The molecule has 0 spiro atoms. The first-order valence-corrected chi connectivity index (χ1v) is 6.71. The monoisotopic (exact) mass is 318 g/mol. The number of carbonyl (C=O) groups is 1. The summed E-state index contributed by atoms with van der Waals surface area (Å²) in [5.74, 6) is -0.196. The largest absolute Gasteiger partial charge is 0.398 e. The Balaban J connectivity index is 2.28. The number of rotatable bonds is 2. The van der Waals surface area contributed by atoms with Gasteiger partial charge in [0.25, 0.3) is 5.91 Å². The Morgan fingerprint density at radius 1 is 1.21 bits per heavy atom. The summed E-state index contributed by atoms with van der Waals surface area (Å²) in [5.41, 5.74) is 9.80. The molecule has 2 aromatic rings. The standard InChI is InChI=1S/C15H15BrN2O/c1-9-4-3-5-14(10(9)2)18-15(19)12-7-6-11(16)8-13(12)17/h3-8H,17H2,1-2H3,(H,18,19). The third kappa shape index (κ3) is 2.96. The number of hydrogen-bond acceptors (Lipinski definition) is 2. The third-order valence-corrected chi connectivity index (χ3v) is 3.60. The molecule has 0 saturated heterocycles. The summed E-state index contributed by atoms with van der Waals surface area (Å²) in [6.45, 7) is 3.99. The molecule has 3 nitrogen and oxygen atoms in total. The lowest BCUT2D eigenvalue weighted by Gasteiger charge is -2.11. The van der Waals surface area contributed by atoms with E-state index >= 15 is 0 Å². The highest BCUT2D eigenvalue weighted by atomic mass is 79.9. The van der Waals surface area contributed by atoms with Crippen LogP contribution in [0.5, 0.6) is 0 Å². The summed E-state index contributed by atoms with van der Waals surface area (Å²) in [6.07, 6.45) is 0. The van der Waals surface area contributed by atoms with Gasteiger partial charge in [-0.15, -0.1) is 0 Å². The molecule has 0 aliphatic carbocycles.